The van der Waals surface area contributed by atoms with Crippen molar-refractivity contribution in [3.8, 4) is 0 Å². The van der Waals surface area contributed by atoms with E-state index in [1.165, 1.54) is 19.3 Å². The summed E-state index contributed by atoms with van der Waals surface area (Å²) in [6, 6.07) is 0.281. The van der Waals surface area contributed by atoms with Gasteiger partial charge in [0.05, 0.1) is 6.42 Å². The van der Waals surface area contributed by atoms with Gasteiger partial charge in [-0.25, -0.2) is 0 Å². The van der Waals surface area contributed by atoms with E-state index in [2.05, 4.69) is 6.58 Å². The number of nitrogens with zero attached hydrogens (tertiary/aromatic N) is 1. The molecule has 1 N–H and O–H groups in total. The lowest BCUT2D eigenvalue weighted by Crippen LogP contribution is -2.40. The highest BCUT2D eigenvalue weighted by Gasteiger charge is 2.35. The molecule has 14 heavy (non-hydrogen) atoms. The lowest BCUT2D eigenvalue weighted by molar-refractivity contribution is -0.127. The molecule has 2 fully saturated rings. The Kier molecular flexibility index (Phi) is 2.40. The minimum Gasteiger partial charge on any atom is -0.294 e. The fraction of sp³-hybridized carbons (Fsp3) is 0.636. The largest absolute Gasteiger partial charge is 0.294 e. The maximum absolute atomic E-state index is 11.6. The summed E-state index contributed by atoms with van der Waals surface area (Å²) in [7, 11) is 0. The Bertz CT molecular complexity index is 290. The zero-order valence-corrected chi connectivity index (χ0v) is 8.38. The van der Waals surface area contributed by atoms with Crippen LogP contribution in [-0.2, 0) is 4.79 Å². The first-order valence-electron chi connectivity index (χ1n) is 5.29. The first-order chi connectivity index (χ1) is 6.70. The minimum absolute atomic E-state index is 0.0758. The highest BCUT2D eigenvalue weighted by Crippen LogP contribution is 2.28. The minimum atomic E-state index is 0.0758. The van der Waals surface area contributed by atoms with Gasteiger partial charge >= 0.3 is 0 Å². The van der Waals surface area contributed by atoms with E-state index in [1.54, 1.807) is 4.90 Å². The van der Waals surface area contributed by atoms with Crippen molar-refractivity contribution in [3.63, 3.8) is 0 Å². The van der Waals surface area contributed by atoms with E-state index < -0.39 is 0 Å². The fourth-order valence-corrected chi connectivity index (χ4v) is 2.37. The van der Waals surface area contributed by atoms with Gasteiger partial charge in [0.25, 0.3) is 0 Å². The van der Waals surface area contributed by atoms with Crippen LogP contribution in [0.15, 0.2) is 12.2 Å². The molecule has 0 radical (unpaired) electrons. The van der Waals surface area contributed by atoms with E-state index in [-0.39, 0.29) is 11.9 Å². The molecule has 0 spiro atoms. The lowest BCUT2D eigenvalue weighted by atomic mass is 9.94. The number of rotatable bonds is 1. The van der Waals surface area contributed by atoms with Crippen LogP contribution in [-0.4, -0.2) is 22.7 Å². The van der Waals surface area contributed by atoms with Crippen molar-refractivity contribution in [1.29, 1.82) is 5.41 Å². The van der Waals surface area contributed by atoms with Crippen molar-refractivity contribution in [2.24, 2.45) is 0 Å². The molecule has 3 heteroatoms. The van der Waals surface area contributed by atoms with Crippen molar-refractivity contribution in [1.82, 2.24) is 4.90 Å². The van der Waals surface area contributed by atoms with Crippen LogP contribution in [0.2, 0.25) is 0 Å². The average Bonchev–Trinajstić information content (AvgIpc) is 2.43. The van der Waals surface area contributed by atoms with Gasteiger partial charge in [0.1, 0.15) is 5.84 Å². The molecule has 1 saturated heterocycles. The molecule has 0 aromatic heterocycles. The van der Waals surface area contributed by atoms with Crippen LogP contribution in [0.5, 0.6) is 0 Å². The number of amidine groups is 1. The quantitative estimate of drug-likeness (QED) is 0.679. The zero-order chi connectivity index (χ0) is 10.1. The molecular weight excluding hydrogens is 176 g/mol. The molecule has 2 rings (SSSR count). The summed E-state index contributed by atoms with van der Waals surface area (Å²) < 4.78 is 0. The monoisotopic (exact) mass is 192 g/mol. The van der Waals surface area contributed by atoms with Crippen LogP contribution in [0.1, 0.15) is 38.5 Å². The van der Waals surface area contributed by atoms with Gasteiger partial charge in [-0.1, -0.05) is 25.8 Å². The normalized spacial score (nSPS) is 24.9. The predicted octanol–water partition coefficient (Wildman–Crippen LogP) is 2.08. The molecule has 0 aromatic rings. The van der Waals surface area contributed by atoms with Gasteiger partial charge < -0.3 is 0 Å². The summed E-state index contributed by atoms with van der Waals surface area (Å²) in [6.07, 6.45) is 6.12. The molecule has 1 saturated carbocycles. The van der Waals surface area contributed by atoms with Gasteiger partial charge in [0.15, 0.2) is 0 Å². The summed E-state index contributed by atoms with van der Waals surface area (Å²) >= 11 is 0. The highest BCUT2D eigenvalue weighted by atomic mass is 16.2. The van der Waals surface area contributed by atoms with Gasteiger partial charge in [0, 0.05) is 6.04 Å². The number of likely N-dealkylation sites (tertiary alicyclic amines) is 1. The third kappa shape index (κ3) is 1.47. The predicted molar refractivity (Wildman–Crippen MR) is 55.2 cm³/mol. The molecule has 0 bridgehead atoms. The van der Waals surface area contributed by atoms with Gasteiger partial charge in [-0.05, 0) is 18.4 Å². The standard InChI is InChI=1S/C11H16N2O/c1-8-7-10(14)13(11(8)12)9-5-3-2-4-6-9/h9,12H,1-7H2. The first-order valence-corrected chi connectivity index (χ1v) is 5.29. The molecular formula is C11H16N2O. The Morgan fingerprint density at radius 1 is 1.29 bits per heavy atom. The molecule has 0 aromatic carbocycles. The Hall–Kier alpha value is -1.12. The second-order valence-electron chi connectivity index (χ2n) is 4.18. The lowest BCUT2D eigenvalue weighted by Gasteiger charge is -2.30. The summed E-state index contributed by atoms with van der Waals surface area (Å²) in [6.45, 7) is 3.74. The fourth-order valence-electron chi connectivity index (χ4n) is 2.37. The molecule has 2 aliphatic rings. The van der Waals surface area contributed by atoms with E-state index in [9.17, 15) is 4.79 Å². The molecule has 1 heterocycles. The number of carbonyl (C=O) groups is 1. The molecule has 3 nitrogen and oxygen atoms in total. The van der Waals surface area contributed by atoms with Gasteiger partial charge in [-0.15, -0.1) is 0 Å². The topological polar surface area (TPSA) is 44.2 Å². The number of hydrogen-bond donors (Lipinski definition) is 1. The van der Waals surface area contributed by atoms with Crippen LogP contribution in [0, 0.1) is 5.41 Å². The van der Waals surface area contributed by atoms with Crippen LogP contribution in [0.3, 0.4) is 0 Å². The smallest absolute Gasteiger partial charge is 0.232 e. The van der Waals surface area contributed by atoms with Crippen molar-refractivity contribution in [2.45, 2.75) is 44.6 Å². The SMILES string of the molecule is C=C1CC(=O)N(C2CCCCC2)C1=N. The summed E-state index contributed by atoms with van der Waals surface area (Å²) in [5.41, 5.74) is 0.681. The van der Waals surface area contributed by atoms with E-state index in [0.29, 0.717) is 17.8 Å². The van der Waals surface area contributed by atoms with Crippen molar-refractivity contribution in [2.75, 3.05) is 0 Å². The highest BCUT2D eigenvalue weighted by molar-refractivity contribution is 6.14. The van der Waals surface area contributed by atoms with Crippen LogP contribution in [0.25, 0.3) is 0 Å². The molecule has 1 aliphatic carbocycles. The third-order valence-electron chi connectivity index (χ3n) is 3.15. The second kappa shape index (κ2) is 3.56. The van der Waals surface area contributed by atoms with Crippen LogP contribution < -0.4 is 0 Å². The molecule has 0 unspecified atom stereocenters. The van der Waals surface area contributed by atoms with Gasteiger partial charge in [-0.2, -0.15) is 0 Å². The third-order valence-corrected chi connectivity index (χ3v) is 3.15. The zero-order valence-electron chi connectivity index (χ0n) is 8.38. The van der Waals surface area contributed by atoms with Crippen molar-refractivity contribution in [3.05, 3.63) is 12.2 Å². The number of hydrogen-bond acceptors (Lipinski definition) is 2. The van der Waals surface area contributed by atoms with Gasteiger partial charge in [-0.3, -0.25) is 15.1 Å². The van der Waals surface area contributed by atoms with Crippen molar-refractivity contribution >= 4 is 11.7 Å². The van der Waals surface area contributed by atoms with E-state index in [0.717, 1.165) is 12.8 Å². The van der Waals surface area contributed by atoms with E-state index >= 15 is 0 Å². The maximum atomic E-state index is 11.6. The van der Waals surface area contributed by atoms with Crippen LogP contribution in [0.4, 0.5) is 0 Å². The molecule has 76 valence electrons. The van der Waals surface area contributed by atoms with Crippen molar-refractivity contribution < 1.29 is 4.79 Å². The second-order valence-corrected chi connectivity index (χ2v) is 4.18. The number of carbonyl (C=O) groups excluding carboxylic acids is 1. The Morgan fingerprint density at radius 2 is 1.93 bits per heavy atom. The summed E-state index contributed by atoms with van der Waals surface area (Å²) in [4.78, 5) is 13.3. The molecule has 0 atom stereocenters. The molecule has 1 aliphatic heterocycles. The van der Waals surface area contributed by atoms with E-state index in [1.807, 2.05) is 0 Å². The Balaban J connectivity index is 2.12. The average molecular weight is 192 g/mol. The van der Waals surface area contributed by atoms with Gasteiger partial charge in [0.2, 0.25) is 5.91 Å². The maximum Gasteiger partial charge on any atom is 0.232 e. The Morgan fingerprint density at radius 3 is 2.43 bits per heavy atom. The first kappa shape index (κ1) is 9.44. The van der Waals surface area contributed by atoms with E-state index in [4.69, 9.17) is 5.41 Å². The summed E-state index contributed by atoms with van der Waals surface area (Å²) in [5, 5.41) is 7.78. The molecule has 1 amide bonds. The number of nitrogens with one attached hydrogen (secondary N) is 1. The summed E-state index contributed by atoms with van der Waals surface area (Å²) in [5.74, 6) is 0.439. The van der Waals surface area contributed by atoms with Crippen LogP contribution >= 0.6 is 0 Å². The Labute approximate surface area is 84.3 Å². The number of amides is 1.